The summed E-state index contributed by atoms with van der Waals surface area (Å²) in [5.41, 5.74) is 4.02. The number of amides is 1. The zero-order chi connectivity index (χ0) is 21.6. The molecular formula is C25H33N5O. The van der Waals surface area contributed by atoms with E-state index in [0.717, 1.165) is 40.8 Å². The van der Waals surface area contributed by atoms with Crippen LogP contribution in [0.1, 0.15) is 54.6 Å². The van der Waals surface area contributed by atoms with Crippen LogP contribution in [0.3, 0.4) is 0 Å². The summed E-state index contributed by atoms with van der Waals surface area (Å²) in [6.07, 6.45) is 7.42. The molecule has 3 aromatic rings. The summed E-state index contributed by atoms with van der Waals surface area (Å²) in [6, 6.07) is 11.9. The molecule has 6 heteroatoms. The van der Waals surface area contributed by atoms with E-state index in [1.165, 1.54) is 45.3 Å². The predicted molar refractivity (Wildman–Crippen MR) is 125 cm³/mol. The Morgan fingerprint density at radius 2 is 1.84 bits per heavy atom. The van der Waals surface area contributed by atoms with Crippen molar-refractivity contribution in [3.05, 3.63) is 47.7 Å². The van der Waals surface area contributed by atoms with Gasteiger partial charge in [0.15, 0.2) is 5.65 Å². The number of aryl methyl sites for hydroxylation is 2. The van der Waals surface area contributed by atoms with Crippen molar-refractivity contribution in [2.75, 3.05) is 26.2 Å². The van der Waals surface area contributed by atoms with Crippen molar-refractivity contribution >= 4 is 16.9 Å². The van der Waals surface area contributed by atoms with E-state index in [2.05, 4.69) is 15.3 Å². The fraction of sp³-hybridized carbons (Fsp3) is 0.480. The molecule has 31 heavy (non-hydrogen) atoms. The van der Waals surface area contributed by atoms with Gasteiger partial charge in [0.1, 0.15) is 0 Å². The molecule has 3 heterocycles. The highest BCUT2D eigenvalue weighted by atomic mass is 16.1. The molecule has 4 rings (SSSR count). The van der Waals surface area contributed by atoms with Crippen LogP contribution < -0.4 is 5.32 Å². The molecule has 1 saturated heterocycles. The highest BCUT2D eigenvalue weighted by Gasteiger charge is 2.19. The molecule has 0 unspecified atom stereocenters. The van der Waals surface area contributed by atoms with Crippen molar-refractivity contribution < 1.29 is 4.79 Å². The lowest BCUT2D eigenvalue weighted by molar-refractivity contribution is 0.0954. The fourth-order valence-electron chi connectivity index (χ4n) is 4.50. The van der Waals surface area contributed by atoms with E-state index in [0.29, 0.717) is 12.1 Å². The van der Waals surface area contributed by atoms with Gasteiger partial charge in [-0.05, 0) is 58.3 Å². The van der Waals surface area contributed by atoms with Crippen LogP contribution in [0.25, 0.3) is 22.3 Å². The number of carbonyl (C=O) groups is 1. The number of benzene rings is 1. The van der Waals surface area contributed by atoms with Crippen LogP contribution in [-0.2, 0) is 7.05 Å². The van der Waals surface area contributed by atoms with Crippen LogP contribution in [0.2, 0.25) is 0 Å². The maximum absolute atomic E-state index is 13.1. The average molecular weight is 420 g/mol. The van der Waals surface area contributed by atoms with Crippen molar-refractivity contribution in [3.8, 4) is 11.3 Å². The largest absolute Gasteiger partial charge is 0.352 e. The summed E-state index contributed by atoms with van der Waals surface area (Å²) in [4.78, 5) is 20.5. The molecule has 164 valence electrons. The van der Waals surface area contributed by atoms with Crippen LogP contribution in [0.15, 0.2) is 36.4 Å². The number of nitrogens with zero attached hydrogens (tertiary/aromatic N) is 4. The number of rotatable bonds is 8. The van der Waals surface area contributed by atoms with Gasteiger partial charge in [-0.3, -0.25) is 9.48 Å². The molecule has 1 fully saturated rings. The third-order valence-electron chi connectivity index (χ3n) is 6.17. The first-order chi connectivity index (χ1) is 15.1. The minimum absolute atomic E-state index is 0.0447. The monoisotopic (exact) mass is 419 g/mol. The first kappa shape index (κ1) is 21.5. The molecule has 1 N–H and O–H groups in total. The van der Waals surface area contributed by atoms with Gasteiger partial charge < -0.3 is 10.2 Å². The highest BCUT2D eigenvalue weighted by Crippen LogP contribution is 2.26. The maximum Gasteiger partial charge on any atom is 0.252 e. The summed E-state index contributed by atoms with van der Waals surface area (Å²) in [5, 5.41) is 8.47. The molecule has 1 aliphatic rings. The van der Waals surface area contributed by atoms with Crippen molar-refractivity contribution in [1.82, 2.24) is 25.0 Å². The fourth-order valence-corrected chi connectivity index (χ4v) is 4.50. The Morgan fingerprint density at radius 1 is 1.06 bits per heavy atom. The molecule has 0 aliphatic carbocycles. The van der Waals surface area contributed by atoms with E-state index >= 15 is 0 Å². The van der Waals surface area contributed by atoms with Crippen LogP contribution >= 0.6 is 0 Å². The lowest BCUT2D eigenvalue weighted by Crippen LogP contribution is -2.30. The van der Waals surface area contributed by atoms with Gasteiger partial charge in [0.25, 0.3) is 5.91 Å². The average Bonchev–Trinajstić information content (AvgIpc) is 3.10. The third-order valence-corrected chi connectivity index (χ3v) is 6.17. The third kappa shape index (κ3) is 5.13. The van der Waals surface area contributed by atoms with E-state index in [9.17, 15) is 4.79 Å². The Morgan fingerprint density at radius 3 is 2.61 bits per heavy atom. The number of fused-ring (bicyclic) bond motifs is 1. The summed E-state index contributed by atoms with van der Waals surface area (Å²) in [6.45, 7) is 6.33. The first-order valence-electron chi connectivity index (χ1n) is 11.5. The molecule has 0 spiro atoms. The number of hydrogen-bond donors (Lipinski definition) is 1. The van der Waals surface area contributed by atoms with Crippen LogP contribution in [0, 0.1) is 6.92 Å². The Kier molecular flexibility index (Phi) is 6.97. The van der Waals surface area contributed by atoms with Gasteiger partial charge in [-0.1, -0.05) is 43.2 Å². The lowest BCUT2D eigenvalue weighted by atomic mass is 10.0. The van der Waals surface area contributed by atoms with E-state index < -0.39 is 0 Å². The quantitative estimate of drug-likeness (QED) is 0.552. The normalized spacial score (nSPS) is 14.8. The van der Waals surface area contributed by atoms with Crippen molar-refractivity contribution in [1.29, 1.82) is 0 Å². The van der Waals surface area contributed by atoms with Crippen molar-refractivity contribution in [3.63, 3.8) is 0 Å². The number of aromatic nitrogens is 3. The van der Waals surface area contributed by atoms with Crippen LogP contribution in [-0.4, -0.2) is 51.8 Å². The van der Waals surface area contributed by atoms with E-state index in [4.69, 9.17) is 4.98 Å². The Bertz CT molecular complexity index is 1020. The lowest BCUT2D eigenvalue weighted by Gasteiger charge is -2.26. The van der Waals surface area contributed by atoms with Gasteiger partial charge in [-0.2, -0.15) is 5.10 Å². The van der Waals surface area contributed by atoms with E-state index in [-0.39, 0.29) is 5.91 Å². The van der Waals surface area contributed by atoms with Gasteiger partial charge in [0.05, 0.1) is 22.3 Å². The highest BCUT2D eigenvalue weighted by molar-refractivity contribution is 6.07. The second-order valence-corrected chi connectivity index (χ2v) is 8.55. The topological polar surface area (TPSA) is 63.1 Å². The molecular weight excluding hydrogens is 386 g/mol. The molecule has 0 atom stereocenters. The standard InChI is InChI=1S/C25H33N5O/c1-19-23-21(25(31)26-14-8-4-9-15-30-16-10-5-11-17-30)18-22(20-12-6-3-7-13-20)27-24(23)29(2)28-19/h3,6-7,12-13,18H,4-5,8-11,14-17H2,1-2H3,(H,26,31). The van der Waals surface area contributed by atoms with Gasteiger partial charge in [-0.25, -0.2) is 4.98 Å². The van der Waals surface area contributed by atoms with Gasteiger partial charge in [-0.15, -0.1) is 0 Å². The minimum Gasteiger partial charge on any atom is -0.352 e. The number of piperidine rings is 1. The molecule has 1 aliphatic heterocycles. The maximum atomic E-state index is 13.1. The molecule has 2 aromatic heterocycles. The van der Waals surface area contributed by atoms with Crippen molar-refractivity contribution in [2.24, 2.45) is 7.05 Å². The smallest absolute Gasteiger partial charge is 0.252 e. The number of carbonyl (C=O) groups excluding carboxylic acids is 1. The second kappa shape index (κ2) is 10.1. The van der Waals surface area contributed by atoms with Crippen LogP contribution in [0.4, 0.5) is 0 Å². The van der Waals surface area contributed by atoms with Crippen LogP contribution in [0.5, 0.6) is 0 Å². The summed E-state index contributed by atoms with van der Waals surface area (Å²) >= 11 is 0. The number of pyridine rings is 1. The van der Waals surface area contributed by atoms with E-state index in [1.54, 1.807) is 4.68 Å². The van der Waals surface area contributed by atoms with Gasteiger partial charge in [0.2, 0.25) is 0 Å². The van der Waals surface area contributed by atoms with Crippen molar-refractivity contribution in [2.45, 2.75) is 45.4 Å². The van der Waals surface area contributed by atoms with Gasteiger partial charge in [0, 0.05) is 19.2 Å². The molecule has 0 bridgehead atoms. The Labute approximate surface area is 184 Å². The molecule has 0 saturated carbocycles. The van der Waals surface area contributed by atoms with Gasteiger partial charge >= 0.3 is 0 Å². The molecule has 0 radical (unpaired) electrons. The number of likely N-dealkylation sites (tertiary alicyclic amines) is 1. The Balaban J connectivity index is 1.41. The number of hydrogen-bond acceptors (Lipinski definition) is 4. The number of nitrogens with one attached hydrogen (secondary N) is 1. The zero-order valence-corrected chi connectivity index (χ0v) is 18.7. The molecule has 1 aromatic carbocycles. The zero-order valence-electron chi connectivity index (χ0n) is 18.7. The SMILES string of the molecule is Cc1nn(C)c2nc(-c3ccccc3)cc(C(=O)NCCCCCN3CCCCC3)c12. The predicted octanol–water partition coefficient (Wildman–Crippen LogP) is 4.33. The number of unbranched alkanes of at least 4 members (excludes halogenated alkanes) is 2. The molecule has 1 amide bonds. The Hall–Kier alpha value is -2.73. The second-order valence-electron chi connectivity index (χ2n) is 8.55. The first-order valence-corrected chi connectivity index (χ1v) is 11.5. The minimum atomic E-state index is -0.0447. The van der Waals surface area contributed by atoms with E-state index in [1.807, 2.05) is 50.4 Å². The summed E-state index contributed by atoms with van der Waals surface area (Å²) < 4.78 is 1.76. The summed E-state index contributed by atoms with van der Waals surface area (Å²) in [5.74, 6) is -0.0447. The molecule has 6 nitrogen and oxygen atoms in total. The summed E-state index contributed by atoms with van der Waals surface area (Å²) in [7, 11) is 1.88.